The molecule has 24 heavy (non-hydrogen) atoms. The van der Waals surface area contributed by atoms with Crippen LogP contribution in [0.5, 0.6) is 0 Å². The Balaban J connectivity index is 0.00000529. The van der Waals surface area contributed by atoms with E-state index < -0.39 is 9.84 Å². The zero-order valence-corrected chi connectivity index (χ0v) is 17.7. The summed E-state index contributed by atoms with van der Waals surface area (Å²) in [4.78, 5) is 4.85. The number of benzene rings is 1. The summed E-state index contributed by atoms with van der Waals surface area (Å²) in [5, 5.41) is 6.50. The van der Waals surface area contributed by atoms with Crippen molar-refractivity contribution in [1.29, 1.82) is 0 Å². The fraction of sp³-hybridized carbons (Fsp3) is 0.471. The highest BCUT2D eigenvalue weighted by atomic mass is 127. The topological polar surface area (TPSA) is 70.6 Å². The SMILES string of the molecule is C/C=C/CCN=C(NCC)NCCc1ccc(S(C)(=O)=O)cc1.I. The van der Waals surface area contributed by atoms with Gasteiger partial charge in [-0.1, -0.05) is 24.3 Å². The molecule has 1 rings (SSSR count). The van der Waals surface area contributed by atoms with Gasteiger partial charge in [-0.25, -0.2) is 8.42 Å². The molecule has 1 aromatic rings. The van der Waals surface area contributed by atoms with Gasteiger partial charge in [0.05, 0.1) is 4.90 Å². The number of guanidine groups is 1. The Morgan fingerprint density at radius 3 is 2.42 bits per heavy atom. The Hall–Kier alpha value is -1.09. The second-order valence-electron chi connectivity index (χ2n) is 5.21. The van der Waals surface area contributed by atoms with E-state index >= 15 is 0 Å². The molecular weight excluding hydrogens is 437 g/mol. The Kier molecular flexibility index (Phi) is 11.7. The smallest absolute Gasteiger partial charge is 0.191 e. The third-order valence-electron chi connectivity index (χ3n) is 3.20. The molecule has 0 fully saturated rings. The summed E-state index contributed by atoms with van der Waals surface area (Å²) in [7, 11) is -3.13. The summed E-state index contributed by atoms with van der Waals surface area (Å²) in [6.07, 6.45) is 7.08. The van der Waals surface area contributed by atoms with Gasteiger partial charge in [0.1, 0.15) is 0 Å². The number of allylic oxidation sites excluding steroid dienone is 1. The average Bonchev–Trinajstić information content (AvgIpc) is 2.51. The largest absolute Gasteiger partial charge is 0.357 e. The molecule has 0 saturated heterocycles. The van der Waals surface area contributed by atoms with Crippen LogP contribution in [0.4, 0.5) is 0 Å². The molecule has 0 aromatic heterocycles. The predicted octanol–water partition coefficient (Wildman–Crippen LogP) is 2.77. The van der Waals surface area contributed by atoms with E-state index in [2.05, 4.69) is 21.7 Å². The third kappa shape index (κ3) is 9.27. The van der Waals surface area contributed by atoms with E-state index in [9.17, 15) is 8.42 Å². The molecule has 0 aliphatic heterocycles. The van der Waals surface area contributed by atoms with Crippen molar-refractivity contribution in [2.24, 2.45) is 4.99 Å². The van der Waals surface area contributed by atoms with Crippen molar-refractivity contribution in [1.82, 2.24) is 10.6 Å². The Bertz CT molecular complexity index is 626. The van der Waals surface area contributed by atoms with Crippen molar-refractivity contribution in [3.63, 3.8) is 0 Å². The number of hydrogen-bond acceptors (Lipinski definition) is 3. The van der Waals surface area contributed by atoms with Gasteiger partial charge in [-0.2, -0.15) is 0 Å². The van der Waals surface area contributed by atoms with E-state index in [1.165, 1.54) is 6.26 Å². The van der Waals surface area contributed by atoms with Crippen LogP contribution in [-0.2, 0) is 16.3 Å². The fourth-order valence-electron chi connectivity index (χ4n) is 1.99. The number of nitrogens with one attached hydrogen (secondary N) is 2. The van der Waals surface area contributed by atoms with Crippen LogP contribution in [0.1, 0.15) is 25.8 Å². The molecular formula is C17H28IN3O2S. The first-order valence-electron chi connectivity index (χ1n) is 7.89. The number of rotatable bonds is 8. The summed E-state index contributed by atoms with van der Waals surface area (Å²) in [5.74, 6) is 0.810. The molecule has 0 spiro atoms. The van der Waals surface area contributed by atoms with Crippen LogP contribution in [0.2, 0.25) is 0 Å². The van der Waals surface area contributed by atoms with E-state index in [1.54, 1.807) is 12.1 Å². The molecule has 0 aliphatic carbocycles. The zero-order chi connectivity index (χ0) is 17.1. The first kappa shape index (κ1) is 22.9. The van der Waals surface area contributed by atoms with Crippen molar-refractivity contribution in [2.45, 2.75) is 31.6 Å². The molecule has 0 unspecified atom stereocenters. The van der Waals surface area contributed by atoms with Crippen LogP contribution in [0, 0.1) is 0 Å². The summed E-state index contributed by atoms with van der Waals surface area (Å²) >= 11 is 0. The second kappa shape index (κ2) is 12.3. The third-order valence-corrected chi connectivity index (χ3v) is 4.33. The normalized spacial score (nSPS) is 12.0. The van der Waals surface area contributed by atoms with Crippen LogP contribution >= 0.6 is 24.0 Å². The highest BCUT2D eigenvalue weighted by Gasteiger charge is 2.06. The van der Waals surface area contributed by atoms with Crippen molar-refractivity contribution < 1.29 is 8.42 Å². The first-order chi connectivity index (χ1) is 11.0. The maximum atomic E-state index is 11.4. The average molecular weight is 465 g/mol. The standard InChI is InChI=1S/C17H27N3O2S.HI/c1-4-6-7-13-19-17(18-5-2)20-14-12-15-8-10-16(11-9-15)23(3,21)22;/h4,6,8-11H,5,7,12-14H2,1-3H3,(H2,18,19,20);1H/b6-4+;. The van der Waals surface area contributed by atoms with Crippen LogP contribution < -0.4 is 10.6 Å². The van der Waals surface area contributed by atoms with Gasteiger partial charge in [0.15, 0.2) is 15.8 Å². The fourth-order valence-corrected chi connectivity index (χ4v) is 2.62. The molecule has 7 heteroatoms. The second-order valence-corrected chi connectivity index (χ2v) is 7.23. The van der Waals surface area contributed by atoms with Gasteiger partial charge >= 0.3 is 0 Å². The van der Waals surface area contributed by atoms with Crippen molar-refractivity contribution in [2.75, 3.05) is 25.9 Å². The Morgan fingerprint density at radius 1 is 1.21 bits per heavy atom. The molecule has 136 valence electrons. The summed E-state index contributed by atoms with van der Waals surface area (Å²) < 4.78 is 22.9. The minimum Gasteiger partial charge on any atom is -0.357 e. The minimum absolute atomic E-state index is 0. The first-order valence-corrected chi connectivity index (χ1v) is 9.79. The molecule has 0 amide bonds. The molecule has 0 atom stereocenters. The molecule has 0 radical (unpaired) electrons. The van der Waals surface area contributed by atoms with Gasteiger partial charge in [-0.15, -0.1) is 24.0 Å². The molecule has 0 bridgehead atoms. The van der Waals surface area contributed by atoms with E-state index in [0.717, 1.165) is 44.0 Å². The summed E-state index contributed by atoms with van der Waals surface area (Å²) in [6, 6.07) is 7.02. The van der Waals surface area contributed by atoms with Crippen LogP contribution in [0.15, 0.2) is 46.3 Å². The Labute approximate surface area is 163 Å². The number of hydrogen-bond donors (Lipinski definition) is 2. The monoisotopic (exact) mass is 465 g/mol. The lowest BCUT2D eigenvalue weighted by Crippen LogP contribution is -2.38. The van der Waals surface area contributed by atoms with E-state index in [1.807, 2.05) is 32.1 Å². The molecule has 2 N–H and O–H groups in total. The number of halogens is 1. The number of sulfone groups is 1. The van der Waals surface area contributed by atoms with E-state index in [-0.39, 0.29) is 24.0 Å². The van der Waals surface area contributed by atoms with Crippen LogP contribution in [0.3, 0.4) is 0 Å². The Morgan fingerprint density at radius 2 is 1.88 bits per heavy atom. The number of nitrogens with zero attached hydrogens (tertiary/aromatic N) is 1. The summed E-state index contributed by atoms with van der Waals surface area (Å²) in [6.45, 7) is 6.35. The van der Waals surface area contributed by atoms with Gasteiger partial charge in [-0.05, 0) is 44.4 Å². The molecule has 5 nitrogen and oxygen atoms in total. The summed E-state index contributed by atoms with van der Waals surface area (Å²) in [5.41, 5.74) is 1.09. The molecule has 0 saturated carbocycles. The predicted molar refractivity (Wildman–Crippen MR) is 112 cm³/mol. The van der Waals surface area contributed by atoms with E-state index in [0.29, 0.717) is 4.90 Å². The molecule has 0 aliphatic rings. The lowest BCUT2D eigenvalue weighted by Gasteiger charge is -2.11. The highest BCUT2D eigenvalue weighted by Crippen LogP contribution is 2.10. The van der Waals surface area contributed by atoms with Gasteiger partial charge < -0.3 is 10.6 Å². The maximum absolute atomic E-state index is 11.4. The van der Waals surface area contributed by atoms with Crippen molar-refractivity contribution in [3.8, 4) is 0 Å². The van der Waals surface area contributed by atoms with Crippen LogP contribution in [-0.4, -0.2) is 40.3 Å². The quantitative estimate of drug-likeness (QED) is 0.204. The zero-order valence-electron chi connectivity index (χ0n) is 14.6. The lowest BCUT2D eigenvalue weighted by molar-refractivity contribution is 0.602. The van der Waals surface area contributed by atoms with Gasteiger partial charge in [0.25, 0.3) is 0 Å². The number of aliphatic imine (C=N–C) groups is 1. The van der Waals surface area contributed by atoms with Crippen LogP contribution in [0.25, 0.3) is 0 Å². The molecule has 0 heterocycles. The molecule has 1 aromatic carbocycles. The lowest BCUT2D eigenvalue weighted by atomic mass is 10.1. The van der Waals surface area contributed by atoms with Gasteiger partial charge in [-0.3, -0.25) is 4.99 Å². The van der Waals surface area contributed by atoms with Gasteiger partial charge in [0, 0.05) is 25.9 Å². The van der Waals surface area contributed by atoms with Crippen molar-refractivity contribution in [3.05, 3.63) is 42.0 Å². The van der Waals surface area contributed by atoms with E-state index in [4.69, 9.17) is 0 Å². The highest BCUT2D eigenvalue weighted by molar-refractivity contribution is 14.0. The minimum atomic E-state index is -3.13. The van der Waals surface area contributed by atoms with Gasteiger partial charge in [0.2, 0.25) is 0 Å². The van der Waals surface area contributed by atoms with Crippen molar-refractivity contribution >= 4 is 39.8 Å². The maximum Gasteiger partial charge on any atom is 0.191 e.